The maximum Gasteiger partial charge on any atom is 0.129 e. The van der Waals surface area contributed by atoms with Crippen LogP contribution in [0.3, 0.4) is 0 Å². The van der Waals surface area contributed by atoms with Crippen molar-refractivity contribution in [3.8, 4) is 0 Å². The first-order valence-electron chi connectivity index (χ1n) is 8.01. The number of halogens is 3. The zero-order valence-electron chi connectivity index (χ0n) is 12.6. The van der Waals surface area contributed by atoms with Crippen molar-refractivity contribution in [3.05, 3.63) is 33.0 Å². The van der Waals surface area contributed by atoms with Crippen molar-refractivity contribution in [1.29, 1.82) is 0 Å². The topological polar surface area (TPSA) is 12.0 Å². The van der Waals surface area contributed by atoms with E-state index in [0.29, 0.717) is 15.4 Å². The highest BCUT2D eigenvalue weighted by molar-refractivity contribution is 9.10. The van der Waals surface area contributed by atoms with Crippen LogP contribution in [0.25, 0.3) is 0 Å². The van der Waals surface area contributed by atoms with Gasteiger partial charge < -0.3 is 5.32 Å². The predicted molar refractivity (Wildman–Crippen MR) is 91.3 cm³/mol. The molecule has 0 saturated heterocycles. The third kappa shape index (κ3) is 4.67. The van der Waals surface area contributed by atoms with E-state index in [2.05, 4.69) is 28.2 Å². The van der Waals surface area contributed by atoms with Gasteiger partial charge in [0.2, 0.25) is 0 Å². The van der Waals surface area contributed by atoms with E-state index in [9.17, 15) is 4.39 Å². The van der Waals surface area contributed by atoms with Crippen LogP contribution >= 0.6 is 27.5 Å². The van der Waals surface area contributed by atoms with Crippen LogP contribution in [0.15, 0.2) is 16.6 Å². The molecule has 21 heavy (non-hydrogen) atoms. The third-order valence-corrected chi connectivity index (χ3v) is 5.56. The third-order valence-electron chi connectivity index (χ3n) is 4.36. The molecule has 1 aromatic rings. The van der Waals surface area contributed by atoms with E-state index in [1.165, 1.54) is 44.6 Å². The van der Waals surface area contributed by atoms with Crippen molar-refractivity contribution >= 4 is 27.5 Å². The summed E-state index contributed by atoms with van der Waals surface area (Å²) in [5.74, 6) is 0.343. The second-order valence-corrected chi connectivity index (χ2v) is 7.23. The van der Waals surface area contributed by atoms with Crippen LogP contribution in [0.5, 0.6) is 0 Å². The maximum atomic E-state index is 14.4. The lowest BCUT2D eigenvalue weighted by molar-refractivity contribution is 0.318. The molecule has 0 spiro atoms. The van der Waals surface area contributed by atoms with Crippen molar-refractivity contribution in [1.82, 2.24) is 5.32 Å². The first-order chi connectivity index (χ1) is 10.1. The van der Waals surface area contributed by atoms with Gasteiger partial charge in [-0.2, -0.15) is 0 Å². The van der Waals surface area contributed by atoms with Crippen molar-refractivity contribution in [2.45, 2.75) is 57.9 Å². The highest BCUT2D eigenvalue weighted by atomic mass is 79.9. The van der Waals surface area contributed by atoms with E-state index in [0.717, 1.165) is 18.5 Å². The molecule has 1 atom stereocenters. The Kier molecular flexibility index (Phi) is 6.97. The zero-order chi connectivity index (χ0) is 15.2. The van der Waals surface area contributed by atoms with Crippen LogP contribution < -0.4 is 5.32 Å². The van der Waals surface area contributed by atoms with Crippen LogP contribution in [0.4, 0.5) is 4.39 Å². The molecule has 118 valence electrons. The molecule has 1 N–H and O–H groups in total. The van der Waals surface area contributed by atoms with Crippen LogP contribution in [-0.2, 0) is 0 Å². The van der Waals surface area contributed by atoms with Gasteiger partial charge in [0.15, 0.2) is 0 Å². The molecule has 1 aliphatic carbocycles. The van der Waals surface area contributed by atoms with Gasteiger partial charge in [-0.1, -0.05) is 44.2 Å². The number of nitrogens with one attached hydrogen (secondary N) is 1. The van der Waals surface area contributed by atoms with E-state index in [-0.39, 0.29) is 11.9 Å². The quantitative estimate of drug-likeness (QED) is 0.473. The Morgan fingerprint density at radius 2 is 1.95 bits per heavy atom. The highest BCUT2D eigenvalue weighted by Crippen LogP contribution is 2.37. The molecule has 0 amide bonds. The van der Waals surface area contributed by atoms with Crippen LogP contribution in [-0.4, -0.2) is 6.54 Å². The minimum atomic E-state index is -0.163. The molecule has 1 saturated carbocycles. The summed E-state index contributed by atoms with van der Waals surface area (Å²) in [7, 11) is 0. The van der Waals surface area contributed by atoms with E-state index >= 15 is 0 Å². The summed E-state index contributed by atoms with van der Waals surface area (Å²) in [4.78, 5) is 0. The molecule has 0 heterocycles. The summed E-state index contributed by atoms with van der Waals surface area (Å²) >= 11 is 9.49. The van der Waals surface area contributed by atoms with Gasteiger partial charge >= 0.3 is 0 Å². The molecule has 0 radical (unpaired) electrons. The number of rotatable bonds is 5. The van der Waals surface area contributed by atoms with Crippen LogP contribution in [0, 0.1) is 11.7 Å². The fourth-order valence-corrected chi connectivity index (χ4v) is 3.74. The Bertz CT molecular complexity index is 458. The van der Waals surface area contributed by atoms with Crippen molar-refractivity contribution in [2.24, 2.45) is 5.92 Å². The largest absolute Gasteiger partial charge is 0.310 e. The zero-order valence-corrected chi connectivity index (χ0v) is 14.9. The SMILES string of the molecule is CCCNC(c1cc(Cl)c(Br)cc1F)C1CCCCCC1. The van der Waals surface area contributed by atoms with Gasteiger partial charge in [0.1, 0.15) is 5.82 Å². The lowest BCUT2D eigenvalue weighted by Crippen LogP contribution is -2.29. The molecular weight excluding hydrogens is 353 g/mol. The standard InChI is InChI=1S/C17H24BrClFN/c1-2-9-21-17(12-7-5-3-4-6-8-12)13-10-15(19)14(18)11-16(13)20/h10-12,17,21H,2-9H2,1H3. The van der Waals surface area contributed by atoms with Crippen LogP contribution in [0.1, 0.15) is 63.5 Å². The maximum absolute atomic E-state index is 14.4. The summed E-state index contributed by atoms with van der Waals surface area (Å²) in [6.45, 7) is 3.05. The first kappa shape index (κ1) is 17.2. The van der Waals surface area contributed by atoms with Gasteiger partial charge in [-0.25, -0.2) is 4.39 Å². The Morgan fingerprint density at radius 1 is 1.29 bits per heavy atom. The highest BCUT2D eigenvalue weighted by Gasteiger charge is 2.26. The Labute approximate surface area is 140 Å². The molecule has 0 bridgehead atoms. The van der Waals surface area contributed by atoms with Gasteiger partial charge in [-0.05, 0) is 59.8 Å². The first-order valence-corrected chi connectivity index (χ1v) is 9.18. The van der Waals surface area contributed by atoms with Gasteiger partial charge in [-0.3, -0.25) is 0 Å². The molecule has 1 fully saturated rings. The fraction of sp³-hybridized carbons (Fsp3) is 0.647. The summed E-state index contributed by atoms with van der Waals surface area (Å²) in [6, 6.07) is 3.36. The van der Waals surface area contributed by atoms with Gasteiger partial charge in [0, 0.05) is 16.1 Å². The summed E-state index contributed by atoms with van der Waals surface area (Å²) in [6.07, 6.45) is 8.51. The Balaban J connectivity index is 2.27. The molecule has 0 aromatic heterocycles. The fourth-order valence-electron chi connectivity index (χ4n) is 3.25. The van der Waals surface area contributed by atoms with Crippen molar-refractivity contribution in [3.63, 3.8) is 0 Å². The van der Waals surface area contributed by atoms with E-state index in [1.54, 1.807) is 6.07 Å². The molecular formula is C17H24BrClFN. The lowest BCUT2D eigenvalue weighted by Gasteiger charge is -2.28. The molecule has 2 rings (SSSR count). The van der Waals surface area contributed by atoms with Crippen molar-refractivity contribution < 1.29 is 4.39 Å². The average molecular weight is 377 g/mol. The van der Waals surface area contributed by atoms with Gasteiger partial charge in [-0.15, -0.1) is 0 Å². The van der Waals surface area contributed by atoms with Crippen LogP contribution in [0.2, 0.25) is 5.02 Å². The molecule has 1 aromatic carbocycles. The van der Waals surface area contributed by atoms with Gasteiger partial charge in [0.05, 0.1) is 5.02 Å². The second-order valence-electron chi connectivity index (χ2n) is 5.97. The van der Waals surface area contributed by atoms with E-state index in [1.807, 2.05) is 0 Å². The Hall–Kier alpha value is -0.120. The lowest BCUT2D eigenvalue weighted by atomic mass is 9.87. The minimum Gasteiger partial charge on any atom is -0.310 e. The van der Waals surface area contributed by atoms with E-state index in [4.69, 9.17) is 11.6 Å². The average Bonchev–Trinajstić information content (AvgIpc) is 2.74. The monoisotopic (exact) mass is 375 g/mol. The predicted octanol–water partition coefficient (Wildman–Crippen LogP) is 6.25. The minimum absolute atomic E-state index is 0.0775. The molecule has 0 aliphatic heterocycles. The van der Waals surface area contributed by atoms with Gasteiger partial charge in [0.25, 0.3) is 0 Å². The molecule has 1 aliphatic rings. The second kappa shape index (κ2) is 8.50. The Morgan fingerprint density at radius 3 is 2.57 bits per heavy atom. The number of hydrogen-bond donors (Lipinski definition) is 1. The molecule has 1 unspecified atom stereocenters. The summed E-state index contributed by atoms with van der Waals surface area (Å²) < 4.78 is 15.1. The summed E-state index contributed by atoms with van der Waals surface area (Å²) in [5.41, 5.74) is 0.726. The molecule has 4 heteroatoms. The smallest absolute Gasteiger partial charge is 0.129 e. The normalized spacial score (nSPS) is 18.5. The summed E-state index contributed by atoms with van der Waals surface area (Å²) in [5, 5.41) is 4.14. The van der Waals surface area contributed by atoms with Crippen molar-refractivity contribution in [2.75, 3.05) is 6.54 Å². The number of benzene rings is 1. The number of hydrogen-bond acceptors (Lipinski definition) is 1. The van der Waals surface area contributed by atoms with E-state index < -0.39 is 0 Å². The molecule has 1 nitrogen and oxygen atoms in total.